The average molecular weight is 231 g/mol. The second-order valence-electron chi connectivity index (χ2n) is 3.23. The van der Waals surface area contributed by atoms with Crippen molar-refractivity contribution >= 4 is 23.3 Å². The highest BCUT2D eigenvalue weighted by molar-refractivity contribution is 6.58. The van der Waals surface area contributed by atoms with Gasteiger partial charge < -0.3 is 15.9 Å². The Bertz CT molecular complexity index is 366. The number of aliphatic hydroxyl groups is 1. The standard InChI is InChI=1S/C9H11ClN2O3/c1-4(5-2-3-5)12-7(9(14)15)6(10)8(11)13/h5,13H,1-3,11H2,(H,14,15)/b8-6-,12-7+. The Kier molecular flexibility index (Phi) is 3.36. The van der Waals surface area contributed by atoms with Gasteiger partial charge in [-0.1, -0.05) is 18.2 Å². The van der Waals surface area contributed by atoms with E-state index in [1.165, 1.54) is 0 Å². The van der Waals surface area contributed by atoms with Crippen molar-refractivity contribution in [3.05, 3.63) is 23.2 Å². The molecule has 4 N–H and O–H groups in total. The normalized spacial score (nSPS) is 18.3. The molecular formula is C9H11ClN2O3. The SMILES string of the molecule is C=C(/N=C(C(=O)O)\C(Cl)=C(/N)O)C1CC1. The van der Waals surface area contributed by atoms with Gasteiger partial charge in [0.2, 0.25) is 5.88 Å². The maximum absolute atomic E-state index is 10.8. The minimum Gasteiger partial charge on any atom is -0.494 e. The molecule has 1 rings (SSSR count). The summed E-state index contributed by atoms with van der Waals surface area (Å²) >= 11 is 5.50. The molecule has 0 aromatic rings. The van der Waals surface area contributed by atoms with E-state index in [-0.39, 0.29) is 5.92 Å². The zero-order valence-corrected chi connectivity index (χ0v) is 8.66. The van der Waals surface area contributed by atoms with E-state index >= 15 is 0 Å². The van der Waals surface area contributed by atoms with Crippen molar-refractivity contribution in [1.29, 1.82) is 0 Å². The van der Waals surface area contributed by atoms with Gasteiger partial charge in [-0.05, 0) is 12.8 Å². The summed E-state index contributed by atoms with van der Waals surface area (Å²) in [5.74, 6) is -1.89. The zero-order chi connectivity index (χ0) is 11.6. The van der Waals surface area contributed by atoms with Crippen LogP contribution >= 0.6 is 11.6 Å². The Morgan fingerprint density at radius 3 is 2.33 bits per heavy atom. The molecule has 5 nitrogen and oxygen atoms in total. The van der Waals surface area contributed by atoms with Crippen molar-refractivity contribution in [2.24, 2.45) is 16.6 Å². The van der Waals surface area contributed by atoms with Crippen LogP contribution in [0.25, 0.3) is 0 Å². The molecule has 0 saturated heterocycles. The molecule has 15 heavy (non-hydrogen) atoms. The molecule has 0 spiro atoms. The van der Waals surface area contributed by atoms with Gasteiger partial charge in [-0.25, -0.2) is 9.79 Å². The zero-order valence-electron chi connectivity index (χ0n) is 7.90. The number of carbonyl (C=O) groups is 1. The van der Waals surface area contributed by atoms with Gasteiger partial charge in [0.05, 0.1) is 0 Å². The van der Waals surface area contributed by atoms with Gasteiger partial charge in [-0.15, -0.1) is 0 Å². The van der Waals surface area contributed by atoms with Gasteiger partial charge in [0, 0.05) is 11.6 Å². The number of aliphatic imine (C=N–C) groups is 1. The van der Waals surface area contributed by atoms with Gasteiger partial charge in [-0.3, -0.25) is 0 Å². The summed E-state index contributed by atoms with van der Waals surface area (Å²) < 4.78 is 0. The first-order valence-corrected chi connectivity index (χ1v) is 4.66. The van der Waals surface area contributed by atoms with Crippen LogP contribution in [0.3, 0.4) is 0 Å². The molecule has 1 aliphatic carbocycles. The number of aliphatic carboxylic acids is 1. The number of nitrogens with two attached hydrogens (primary N) is 1. The van der Waals surface area contributed by atoms with E-state index in [2.05, 4.69) is 11.6 Å². The lowest BCUT2D eigenvalue weighted by Crippen LogP contribution is -2.17. The van der Waals surface area contributed by atoms with E-state index in [9.17, 15) is 4.79 Å². The number of carboxylic acids is 1. The van der Waals surface area contributed by atoms with Gasteiger partial charge in [0.1, 0.15) is 5.03 Å². The minimum atomic E-state index is -1.35. The Hall–Kier alpha value is -1.49. The first-order valence-electron chi connectivity index (χ1n) is 4.28. The molecular weight excluding hydrogens is 220 g/mol. The maximum Gasteiger partial charge on any atom is 0.356 e. The predicted molar refractivity (Wildman–Crippen MR) is 56.6 cm³/mol. The van der Waals surface area contributed by atoms with Crippen LogP contribution < -0.4 is 5.73 Å². The summed E-state index contributed by atoms with van der Waals surface area (Å²) in [6.07, 6.45) is 1.90. The fourth-order valence-corrected chi connectivity index (χ4v) is 1.09. The molecule has 0 bridgehead atoms. The molecule has 0 atom stereocenters. The summed E-state index contributed by atoms with van der Waals surface area (Å²) in [6, 6.07) is 0. The summed E-state index contributed by atoms with van der Waals surface area (Å²) in [7, 11) is 0. The summed E-state index contributed by atoms with van der Waals surface area (Å²) in [5.41, 5.74) is 4.94. The fourth-order valence-electron chi connectivity index (χ4n) is 0.964. The van der Waals surface area contributed by atoms with E-state index in [1.807, 2.05) is 0 Å². The highest BCUT2D eigenvalue weighted by Crippen LogP contribution is 2.36. The van der Waals surface area contributed by atoms with Crippen LogP contribution in [0.2, 0.25) is 0 Å². The van der Waals surface area contributed by atoms with E-state index in [0.29, 0.717) is 5.70 Å². The van der Waals surface area contributed by atoms with Crippen LogP contribution in [-0.2, 0) is 4.79 Å². The highest BCUT2D eigenvalue weighted by Gasteiger charge is 2.26. The monoisotopic (exact) mass is 230 g/mol. The Morgan fingerprint density at radius 1 is 1.47 bits per heavy atom. The molecule has 0 aliphatic heterocycles. The third kappa shape index (κ3) is 2.99. The number of allylic oxidation sites excluding steroid dienone is 1. The summed E-state index contributed by atoms with van der Waals surface area (Å²) in [6.45, 7) is 3.63. The molecule has 0 aromatic heterocycles. The second-order valence-corrected chi connectivity index (χ2v) is 3.61. The highest BCUT2D eigenvalue weighted by atomic mass is 35.5. The van der Waals surface area contributed by atoms with Gasteiger partial charge in [-0.2, -0.15) is 0 Å². The van der Waals surface area contributed by atoms with Crippen LogP contribution in [-0.4, -0.2) is 21.9 Å². The van der Waals surface area contributed by atoms with Crippen LogP contribution in [0.15, 0.2) is 28.2 Å². The number of aliphatic hydroxyl groups excluding tert-OH is 1. The predicted octanol–water partition coefficient (Wildman–Crippen LogP) is 1.36. The number of nitrogens with zero attached hydrogens (tertiary/aromatic N) is 1. The molecule has 0 heterocycles. The van der Waals surface area contributed by atoms with Gasteiger partial charge >= 0.3 is 5.97 Å². The number of rotatable bonds is 4. The molecule has 0 unspecified atom stereocenters. The summed E-state index contributed by atoms with van der Waals surface area (Å²) in [4.78, 5) is 14.5. The molecule has 6 heteroatoms. The first-order chi connectivity index (χ1) is 6.93. The van der Waals surface area contributed by atoms with Crippen LogP contribution in [0.5, 0.6) is 0 Å². The summed E-state index contributed by atoms with van der Waals surface area (Å²) in [5, 5.41) is 17.2. The lowest BCUT2D eigenvalue weighted by molar-refractivity contribution is -0.129. The van der Waals surface area contributed by atoms with Gasteiger partial charge in [0.15, 0.2) is 5.71 Å². The van der Waals surface area contributed by atoms with Crippen molar-refractivity contribution in [2.45, 2.75) is 12.8 Å². The second kappa shape index (κ2) is 4.35. The van der Waals surface area contributed by atoms with Gasteiger partial charge in [0.25, 0.3) is 0 Å². The third-order valence-corrected chi connectivity index (χ3v) is 2.31. The number of hydrogen-bond acceptors (Lipinski definition) is 4. The Morgan fingerprint density at radius 2 is 2.00 bits per heavy atom. The smallest absolute Gasteiger partial charge is 0.356 e. The molecule has 0 amide bonds. The molecule has 82 valence electrons. The van der Waals surface area contributed by atoms with E-state index in [0.717, 1.165) is 12.8 Å². The lowest BCUT2D eigenvalue weighted by Gasteiger charge is -2.02. The van der Waals surface area contributed by atoms with Crippen LogP contribution in [0.1, 0.15) is 12.8 Å². The van der Waals surface area contributed by atoms with Crippen molar-refractivity contribution in [3.8, 4) is 0 Å². The maximum atomic E-state index is 10.8. The first kappa shape index (κ1) is 11.6. The number of carboxylic acid groups (broad SMARTS) is 1. The Balaban J connectivity index is 2.96. The van der Waals surface area contributed by atoms with Crippen molar-refractivity contribution in [2.75, 3.05) is 0 Å². The average Bonchev–Trinajstić information content (AvgIpc) is 2.94. The number of hydrogen-bond donors (Lipinski definition) is 3. The minimum absolute atomic E-state index is 0.226. The molecule has 1 saturated carbocycles. The topological polar surface area (TPSA) is 95.9 Å². The van der Waals surface area contributed by atoms with Crippen LogP contribution in [0, 0.1) is 5.92 Å². The van der Waals surface area contributed by atoms with E-state index in [4.69, 9.17) is 27.5 Å². The molecule has 1 fully saturated rings. The quantitative estimate of drug-likeness (QED) is 0.502. The Labute approximate surface area is 91.6 Å². The largest absolute Gasteiger partial charge is 0.494 e. The number of halogens is 1. The molecule has 0 aromatic carbocycles. The van der Waals surface area contributed by atoms with Crippen LogP contribution in [0.4, 0.5) is 0 Å². The molecule has 1 aliphatic rings. The van der Waals surface area contributed by atoms with E-state index in [1.54, 1.807) is 0 Å². The fraction of sp³-hybridized carbons (Fsp3) is 0.333. The van der Waals surface area contributed by atoms with Crippen molar-refractivity contribution in [1.82, 2.24) is 0 Å². The van der Waals surface area contributed by atoms with E-state index < -0.39 is 22.6 Å². The van der Waals surface area contributed by atoms with Crippen molar-refractivity contribution < 1.29 is 15.0 Å². The van der Waals surface area contributed by atoms with Crippen molar-refractivity contribution in [3.63, 3.8) is 0 Å². The lowest BCUT2D eigenvalue weighted by atomic mass is 10.3. The molecule has 0 radical (unpaired) electrons. The third-order valence-electron chi connectivity index (χ3n) is 1.94.